The zero-order valence-electron chi connectivity index (χ0n) is 15.5. The summed E-state index contributed by atoms with van der Waals surface area (Å²) in [7, 11) is 0. The highest BCUT2D eigenvalue weighted by Crippen LogP contribution is 2.15. The standard InChI is InChI=1S/C19H27N3O4/c1-3-5-6-7-12-26-18(23)17(4-2)22(14-16-9-8-13-25-16)19(24)21-11-10-20-15-21/h8-11,13,15,17H,3-7,12,14H2,1-2H3/t17-/m0/s1. The van der Waals surface area contributed by atoms with Crippen LogP contribution in [0.15, 0.2) is 41.5 Å². The van der Waals surface area contributed by atoms with Gasteiger partial charge in [0.2, 0.25) is 0 Å². The third-order valence-electron chi connectivity index (χ3n) is 4.15. The topological polar surface area (TPSA) is 77.6 Å². The summed E-state index contributed by atoms with van der Waals surface area (Å²) in [6, 6.07) is 2.51. The maximum Gasteiger partial charge on any atom is 0.330 e. The number of nitrogens with zero attached hydrogens (tertiary/aromatic N) is 3. The van der Waals surface area contributed by atoms with Crippen LogP contribution in [-0.2, 0) is 16.1 Å². The number of carbonyl (C=O) groups is 2. The quantitative estimate of drug-likeness (QED) is 0.474. The van der Waals surface area contributed by atoms with Crippen molar-refractivity contribution in [1.82, 2.24) is 14.5 Å². The molecule has 0 saturated carbocycles. The Morgan fingerprint density at radius 2 is 2.15 bits per heavy atom. The predicted molar refractivity (Wildman–Crippen MR) is 96.5 cm³/mol. The summed E-state index contributed by atoms with van der Waals surface area (Å²) in [6.07, 6.45) is 10.6. The molecule has 0 fully saturated rings. The Bertz CT molecular complexity index is 652. The predicted octanol–water partition coefficient (Wildman–Crippen LogP) is 3.85. The lowest BCUT2D eigenvalue weighted by atomic mass is 10.2. The highest BCUT2D eigenvalue weighted by molar-refractivity contribution is 5.84. The maximum atomic E-state index is 12.9. The van der Waals surface area contributed by atoms with E-state index in [1.807, 2.05) is 6.92 Å². The Balaban J connectivity index is 2.07. The van der Waals surface area contributed by atoms with E-state index in [-0.39, 0.29) is 18.5 Å². The second kappa shape index (κ2) is 10.4. The average Bonchev–Trinajstić information content (AvgIpc) is 3.34. The first-order valence-electron chi connectivity index (χ1n) is 9.15. The molecule has 2 heterocycles. The summed E-state index contributed by atoms with van der Waals surface area (Å²) < 4.78 is 12.1. The number of furan rings is 1. The van der Waals surface area contributed by atoms with Crippen molar-refractivity contribution in [3.63, 3.8) is 0 Å². The number of hydrogen-bond acceptors (Lipinski definition) is 5. The fourth-order valence-electron chi connectivity index (χ4n) is 2.71. The number of carbonyl (C=O) groups excluding carboxylic acids is 2. The van der Waals surface area contributed by atoms with Gasteiger partial charge >= 0.3 is 12.0 Å². The molecule has 0 spiro atoms. The van der Waals surface area contributed by atoms with E-state index >= 15 is 0 Å². The molecule has 2 rings (SSSR count). The molecule has 0 unspecified atom stereocenters. The Hall–Kier alpha value is -2.57. The molecule has 0 aliphatic heterocycles. The maximum absolute atomic E-state index is 12.9. The van der Waals surface area contributed by atoms with Crippen LogP contribution in [0, 0.1) is 0 Å². The molecule has 0 aliphatic carbocycles. The summed E-state index contributed by atoms with van der Waals surface area (Å²) in [4.78, 5) is 30.8. The minimum atomic E-state index is -0.679. The third kappa shape index (κ3) is 5.47. The van der Waals surface area contributed by atoms with Gasteiger partial charge in [-0.05, 0) is 25.0 Å². The van der Waals surface area contributed by atoms with Gasteiger partial charge in [-0.25, -0.2) is 14.6 Å². The lowest BCUT2D eigenvalue weighted by molar-refractivity contribution is -0.149. The molecule has 2 aromatic rings. The van der Waals surface area contributed by atoms with Gasteiger partial charge in [-0.1, -0.05) is 33.1 Å². The van der Waals surface area contributed by atoms with Crippen molar-refractivity contribution in [3.8, 4) is 0 Å². The van der Waals surface area contributed by atoms with Crippen molar-refractivity contribution in [2.75, 3.05) is 6.61 Å². The SMILES string of the molecule is CCCCCCOC(=O)[C@H](CC)N(Cc1ccco1)C(=O)n1ccnc1. The second-order valence-electron chi connectivity index (χ2n) is 6.11. The Labute approximate surface area is 153 Å². The highest BCUT2D eigenvalue weighted by Gasteiger charge is 2.31. The zero-order chi connectivity index (χ0) is 18.8. The van der Waals surface area contributed by atoms with Crippen LogP contribution in [-0.4, -0.2) is 39.1 Å². The van der Waals surface area contributed by atoms with Crippen molar-refractivity contribution < 1.29 is 18.7 Å². The number of amides is 1. The minimum absolute atomic E-state index is 0.188. The van der Waals surface area contributed by atoms with E-state index in [0.29, 0.717) is 18.8 Å². The van der Waals surface area contributed by atoms with Crippen LogP contribution in [0.3, 0.4) is 0 Å². The van der Waals surface area contributed by atoms with Gasteiger partial charge in [0.1, 0.15) is 18.1 Å². The van der Waals surface area contributed by atoms with E-state index in [2.05, 4.69) is 11.9 Å². The van der Waals surface area contributed by atoms with E-state index in [0.717, 1.165) is 25.7 Å². The van der Waals surface area contributed by atoms with Crippen molar-refractivity contribution >= 4 is 12.0 Å². The third-order valence-corrected chi connectivity index (χ3v) is 4.15. The van der Waals surface area contributed by atoms with Crippen molar-refractivity contribution in [2.45, 2.75) is 58.5 Å². The van der Waals surface area contributed by atoms with Gasteiger partial charge in [0.05, 0.1) is 19.4 Å². The van der Waals surface area contributed by atoms with Crippen molar-refractivity contribution in [3.05, 3.63) is 42.9 Å². The molecule has 142 valence electrons. The largest absolute Gasteiger partial charge is 0.467 e. The van der Waals surface area contributed by atoms with Crippen LogP contribution >= 0.6 is 0 Å². The lowest BCUT2D eigenvalue weighted by Crippen LogP contribution is -2.46. The average molecular weight is 361 g/mol. The van der Waals surface area contributed by atoms with Crippen LogP contribution < -0.4 is 0 Å². The first-order chi connectivity index (χ1) is 12.7. The van der Waals surface area contributed by atoms with Crippen LogP contribution in [0.25, 0.3) is 0 Å². The zero-order valence-corrected chi connectivity index (χ0v) is 15.5. The van der Waals surface area contributed by atoms with E-state index in [9.17, 15) is 9.59 Å². The molecule has 2 aromatic heterocycles. The fourth-order valence-corrected chi connectivity index (χ4v) is 2.71. The number of ether oxygens (including phenoxy) is 1. The number of rotatable bonds is 10. The molecule has 0 saturated heterocycles. The van der Waals surface area contributed by atoms with Crippen LogP contribution in [0.1, 0.15) is 51.7 Å². The van der Waals surface area contributed by atoms with E-state index in [4.69, 9.17) is 9.15 Å². The van der Waals surface area contributed by atoms with Crippen molar-refractivity contribution in [1.29, 1.82) is 0 Å². The lowest BCUT2D eigenvalue weighted by Gasteiger charge is -2.28. The van der Waals surface area contributed by atoms with Gasteiger partial charge in [-0.15, -0.1) is 0 Å². The van der Waals surface area contributed by atoms with E-state index in [1.165, 1.54) is 22.0 Å². The van der Waals surface area contributed by atoms with Gasteiger partial charge < -0.3 is 14.1 Å². The molecule has 7 heteroatoms. The van der Waals surface area contributed by atoms with Gasteiger partial charge in [0.15, 0.2) is 0 Å². The fraction of sp³-hybridized carbons (Fsp3) is 0.526. The van der Waals surface area contributed by atoms with Gasteiger partial charge in [0.25, 0.3) is 0 Å². The van der Waals surface area contributed by atoms with Gasteiger partial charge in [-0.3, -0.25) is 4.57 Å². The Kier molecular flexibility index (Phi) is 7.92. The number of aromatic nitrogens is 2. The molecule has 0 aliphatic rings. The Morgan fingerprint density at radius 3 is 2.77 bits per heavy atom. The molecule has 1 atom stereocenters. The van der Waals surface area contributed by atoms with E-state index < -0.39 is 6.04 Å². The van der Waals surface area contributed by atoms with Gasteiger partial charge in [0, 0.05) is 12.4 Å². The van der Waals surface area contributed by atoms with Crippen LogP contribution in [0.5, 0.6) is 0 Å². The molecule has 7 nitrogen and oxygen atoms in total. The number of imidazole rings is 1. The highest BCUT2D eigenvalue weighted by atomic mass is 16.5. The summed E-state index contributed by atoms with van der Waals surface area (Å²) in [5.74, 6) is 0.219. The smallest absolute Gasteiger partial charge is 0.330 e. The summed E-state index contributed by atoms with van der Waals surface area (Å²) in [5, 5.41) is 0. The molecule has 26 heavy (non-hydrogen) atoms. The number of hydrogen-bond donors (Lipinski definition) is 0. The first kappa shape index (κ1) is 19.8. The molecule has 0 radical (unpaired) electrons. The second-order valence-corrected chi connectivity index (χ2v) is 6.11. The monoisotopic (exact) mass is 361 g/mol. The summed E-state index contributed by atoms with van der Waals surface area (Å²) in [5.41, 5.74) is 0. The summed E-state index contributed by atoms with van der Waals surface area (Å²) in [6.45, 7) is 4.56. The van der Waals surface area contributed by atoms with Crippen LogP contribution in [0.2, 0.25) is 0 Å². The first-order valence-corrected chi connectivity index (χ1v) is 9.15. The molecular formula is C19H27N3O4. The molecule has 1 amide bonds. The van der Waals surface area contributed by atoms with Crippen LogP contribution in [0.4, 0.5) is 4.79 Å². The summed E-state index contributed by atoms with van der Waals surface area (Å²) >= 11 is 0. The normalized spacial score (nSPS) is 11.9. The minimum Gasteiger partial charge on any atom is -0.467 e. The molecule has 0 aromatic carbocycles. The molecule has 0 bridgehead atoms. The molecule has 0 N–H and O–H groups in total. The van der Waals surface area contributed by atoms with Crippen molar-refractivity contribution in [2.24, 2.45) is 0 Å². The molecular weight excluding hydrogens is 334 g/mol. The number of esters is 1. The number of unbranched alkanes of at least 4 members (excludes halogenated alkanes) is 3. The van der Waals surface area contributed by atoms with Gasteiger partial charge in [-0.2, -0.15) is 0 Å². The Morgan fingerprint density at radius 1 is 1.31 bits per heavy atom. The van der Waals surface area contributed by atoms with E-state index in [1.54, 1.807) is 24.6 Å².